The molecule has 4 rings (SSSR count). The molecule has 0 spiro atoms. The summed E-state index contributed by atoms with van der Waals surface area (Å²) in [6.45, 7) is -0.373. The van der Waals surface area contributed by atoms with Gasteiger partial charge in [-0.2, -0.15) is 13.2 Å². The normalized spacial score (nSPS) is 15.0. The number of anilines is 1. The molecule has 1 aromatic heterocycles. The molecule has 1 fully saturated rings. The van der Waals surface area contributed by atoms with Gasteiger partial charge in [-0.05, 0) is 61.2 Å². The number of hydrogen-bond donors (Lipinski definition) is 2. The smallest absolute Gasteiger partial charge is 0.416 e. The quantitative estimate of drug-likeness (QED) is 0.466. The van der Waals surface area contributed by atoms with E-state index in [9.17, 15) is 22.8 Å². The van der Waals surface area contributed by atoms with Crippen LogP contribution in [-0.4, -0.2) is 28.6 Å². The van der Waals surface area contributed by atoms with Crippen molar-refractivity contribution in [3.05, 3.63) is 70.9 Å². The van der Waals surface area contributed by atoms with Crippen LogP contribution in [0.25, 0.3) is 10.4 Å². The molecule has 1 heterocycles. The molecular weight excluding hydrogens is 457 g/mol. The van der Waals surface area contributed by atoms with Crippen LogP contribution in [0.4, 0.5) is 18.9 Å². The first-order chi connectivity index (χ1) is 15.7. The number of rotatable bonds is 7. The largest absolute Gasteiger partial charge is 0.480 e. The van der Waals surface area contributed by atoms with Gasteiger partial charge >= 0.3 is 12.1 Å². The van der Waals surface area contributed by atoms with E-state index in [1.54, 1.807) is 30.5 Å². The average Bonchev–Trinajstić information content (AvgIpc) is 3.23. The SMILES string of the molecule is O=C(O)COC1(c2ncc(-c3ccc(NC(=O)c4ccc(C(F)(F)F)cc4)cc3)s2)CCC1. The van der Waals surface area contributed by atoms with E-state index in [-0.39, 0.29) is 12.2 Å². The standard InChI is InChI=1S/C23H19F3N2O4S/c24-23(25,26)16-6-2-15(3-7-16)20(31)28-17-8-4-14(5-9-17)18-12-27-21(33-18)22(10-1-11-22)32-13-19(29)30/h2-9,12H,1,10-11,13H2,(H,28,31)(H,29,30). The molecule has 172 valence electrons. The van der Waals surface area contributed by atoms with Gasteiger partial charge in [0.05, 0.1) is 10.4 Å². The minimum absolute atomic E-state index is 0.117. The molecule has 2 aromatic carbocycles. The van der Waals surface area contributed by atoms with E-state index in [0.29, 0.717) is 5.69 Å². The minimum atomic E-state index is -4.46. The van der Waals surface area contributed by atoms with Gasteiger partial charge in [0.2, 0.25) is 0 Å². The molecule has 0 radical (unpaired) electrons. The van der Waals surface area contributed by atoms with Crippen molar-refractivity contribution in [1.29, 1.82) is 0 Å². The third-order valence-corrected chi connectivity index (χ3v) is 6.66. The van der Waals surface area contributed by atoms with Crippen LogP contribution in [0.2, 0.25) is 0 Å². The fraction of sp³-hybridized carbons (Fsp3) is 0.261. The van der Waals surface area contributed by atoms with Crippen LogP contribution in [0, 0.1) is 0 Å². The maximum Gasteiger partial charge on any atom is 0.416 e. The van der Waals surface area contributed by atoms with Crippen molar-refractivity contribution in [3.8, 4) is 10.4 Å². The van der Waals surface area contributed by atoms with E-state index in [1.807, 2.05) is 0 Å². The first-order valence-corrected chi connectivity index (χ1v) is 10.9. The van der Waals surface area contributed by atoms with Crippen molar-refractivity contribution >= 4 is 28.9 Å². The highest BCUT2D eigenvalue weighted by atomic mass is 32.1. The summed E-state index contributed by atoms with van der Waals surface area (Å²) in [5.74, 6) is -1.54. The molecule has 6 nitrogen and oxygen atoms in total. The lowest BCUT2D eigenvalue weighted by Gasteiger charge is -2.39. The second-order valence-corrected chi connectivity index (χ2v) is 8.70. The number of benzene rings is 2. The number of nitrogens with one attached hydrogen (secondary N) is 1. The lowest BCUT2D eigenvalue weighted by Crippen LogP contribution is -2.38. The van der Waals surface area contributed by atoms with Crippen LogP contribution in [0.15, 0.2) is 54.7 Å². The van der Waals surface area contributed by atoms with Crippen molar-refractivity contribution in [3.63, 3.8) is 0 Å². The fourth-order valence-electron chi connectivity index (χ4n) is 3.47. The van der Waals surface area contributed by atoms with Crippen molar-refractivity contribution in [2.75, 3.05) is 11.9 Å². The lowest BCUT2D eigenvalue weighted by atomic mass is 9.80. The van der Waals surface area contributed by atoms with E-state index < -0.39 is 29.2 Å². The van der Waals surface area contributed by atoms with Gasteiger partial charge in [-0.3, -0.25) is 4.79 Å². The second kappa shape index (κ2) is 8.95. The summed E-state index contributed by atoms with van der Waals surface area (Å²) in [5, 5.41) is 12.3. The van der Waals surface area contributed by atoms with Crippen LogP contribution < -0.4 is 5.32 Å². The molecule has 1 aliphatic carbocycles. The third-order valence-electron chi connectivity index (χ3n) is 5.43. The summed E-state index contributed by atoms with van der Waals surface area (Å²) in [6, 6.07) is 11.0. The summed E-state index contributed by atoms with van der Waals surface area (Å²) in [7, 11) is 0. The number of aromatic nitrogens is 1. The van der Waals surface area contributed by atoms with E-state index in [1.165, 1.54) is 11.3 Å². The molecule has 0 bridgehead atoms. The molecule has 0 saturated heterocycles. The number of carboxylic acid groups (broad SMARTS) is 1. The van der Waals surface area contributed by atoms with Gasteiger partial charge in [0, 0.05) is 17.4 Å². The van der Waals surface area contributed by atoms with Gasteiger partial charge in [0.1, 0.15) is 17.2 Å². The Labute approximate surface area is 191 Å². The second-order valence-electron chi connectivity index (χ2n) is 7.67. The van der Waals surface area contributed by atoms with E-state index in [0.717, 1.165) is 59.0 Å². The van der Waals surface area contributed by atoms with Gasteiger partial charge in [0.25, 0.3) is 5.91 Å². The van der Waals surface area contributed by atoms with Crippen LogP contribution in [0.5, 0.6) is 0 Å². The molecule has 1 saturated carbocycles. The Morgan fingerprint density at radius 3 is 2.30 bits per heavy atom. The van der Waals surface area contributed by atoms with Gasteiger partial charge in [-0.25, -0.2) is 9.78 Å². The van der Waals surface area contributed by atoms with E-state index in [4.69, 9.17) is 9.84 Å². The molecule has 33 heavy (non-hydrogen) atoms. The van der Waals surface area contributed by atoms with E-state index in [2.05, 4.69) is 10.3 Å². The number of ether oxygens (including phenoxy) is 1. The highest BCUT2D eigenvalue weighted by Gasteiger charge is 2.43. The first-order valence-electron chi connectivity index (χ1n) is 10.1. The Balaban J connectivity index is 1.42. The number of amides is 1. The summed E-state index contributed by atoms with van der Waals surface area (Å²) in [5.41, 5.74) is 0.0139. The monoisotopic (exact) mass is 476 g/mol. The maximum absolute atomic E-state index is 12.7. The number of hydrogen-bond acceptors (Lipinski definition) is 5. The van der Waals surface area contributed by atoms with Gasteiger partial charge in [0.15, 0.2) is 0 Å². The zero-order valence-corrected chi connectivity index (χ0v) is 18.0. The number of carbonyl (C=O) groups is 2. The Bertz CT molecular complexity index is 1150. The molecule has 1 amide bonds. The average molecular weight is 476 g/mol. The highest BCUT2D eigenvalue weighted by Crippen LogP contribution is 2.47. The Morgan fingerprint density at radius 1 is 1.09 bits per heavy atom. The minimum Gasteiger partial charge on any atom is -0.480 e. The summed E-state index contributed by atoms with van der Waals surface area (Å²) >= 11 is 1.43. The Hall–Kier alpha value is -3.24. The first kappa shape index (κ1) is 22.9. The zero-order chi connectivity index (χ0) is 23.6. The molecular formula is C23H19F3N2O4S. The van der Waals surface area contributed by atoms with Gasteiger partial charge in [-0.15, -0.1) is 11.3 Å². The molecule has 1 aliphatic rings. The van der Waals surface area contributed by atoms with Crippen molar-refractivity contribution < 1.29 is 32.6 Å². The van der Waals surface area contributed by atoms with Crippen LogP contribution in [0.3, 0.4) is 0 Å². The number of thiazole rings is 1. The molecule has 0 aliphatic heterocycles. The molecule has 0 atom stereocenters. The van der Waals surface area contributed by atoms with Crippen molar-refractivity contribution in [1.82, 2.24) is 4.98 Å². The maximum atomic E-state index is 12.7. The summed E-state index contributed by atoms with van der Waals surface area (Å²) in [4.78, 5) is 28.5. The van der Waals surface area contributed by atoms with Gasteiger partial charge in [-0.1, -0.05) is 12.1 Å². The highest BCUT2D eigenvalue weighted by molar-refractivity contribution is 7.15. The number of carboxylic acids is 1. The Kier molecular flexibility index (Phi) is 6.22. The Morgan fingerprint density at radius 2 is 1.76 bits per heavy atom. The predicted octanol–water partition coefficient (Wildman–Crippen LogP) is 5.56. The molecule has 3 aromatic rings. The third kappa shape index (κ3) is 5.07. The summed E-state index contributed by atoms with van der Waals surface area (Å²) < 4.78 is 43.6. The van der Waals surface area contributed by atoms with Crippen molar-refractivity contribution in [2.45, 2.75) is 31.0 Å². The topological polar surface area (TPSA) is 88.5 Å². The predicted molar refractivity (Wildman–Crippen MR) is 116 cm³/mol. The number of aliphatic carboxylic acids is 1. The van der Waals surface area contributed by atoms with Crippen molar-refractivity contribution in [2.24, 2.45) is 0 Å². The lowest BCUT2D eigenvalue weighted by molar-refractivity contribution is -0.159. The van der Waals surface area contributed by atoms with E-state index >= 15 is 0 Å². The zero-order valence-electron chi connectivity index (χ0n) is 17.2. The van der Waals surface area contributed by atoms with Crippen LogP contribution in [0.1, 0.15) is 40.2 Å². The fourth-order valence-corrected chi connectivity index (χ4v) is 4.59. The van der Waals surface area contributed by atoms with Crippen LogP contribution >= 0.6 is 11.3 Å². The molecule has 10 heteroatoms. The molecule has 0 unspecified atom stereocenters. The van der Waals surface area contributed by atoms with Gasteiger partial charge < -0.3 is 15.2 Å². The number of halogens is 3. The number of nitrogens with zero attached hydrogens (tertiary/aromatic N) is 1. The number of alkyl halides is 3. The number of carbonyl (C=O) groups excluding carboxylic acids is 1. The summed E-state index contributed by atoms with van der Waals surface area (Å²) in [6.07, 6.45) is -0.353. The van der Waals surface area contributed by atoms with Crippen LogP contribution in [-0.2, 0) is 21.3 Å². The molecule has 2 N–H and O–H groups in total.